The van der Waals surface area contributed by atoms with Crippen LogP contribution in [0.4, 0.5) is 0 Å². The minimum atomic E-state index is 0.835. The Labute approximate surface area is 94.4 Å². The van der Waals surface area contributed by atoms with E-state index in [-0.39, 0.29) is 0 Å². The largest absolute Gasteiger partial charge is 0.313 e. The van der Waals surface area contributed by atoms with Crippen LogP contribution in [-0.4, -0.2) is 37.1 Å². The molecule has 0 radical (unpaired) electrons. The third-order valence-corrected chi connectivity index (χ3v) is 4.20. The van der Waals surface area contributed by atoms with E-state index in [1.54, 1.807) is 0 Å². The molecule has 0 unspecified atom stereocenters. The summed E-state index contributed by atoms with van der Waals surface area (Å²) in [6.45, 7) is 2.43. The number of nitrogens with one attached hydrogen (secondary N) is 1. The molecule has 0 aromatic heterocycles. The normalized spacial score (nSPS) is 24.4. The quantitative estimate of drug-likeness (QED) is 0.749. The van der Waals surface area contributed by atoms with E-state index in [2.05, 4.69) is 17.3 Å². The SMILES string of the molecule is CN(CCNC1CCCC1)C1CCCC1. The van der Waals surface area contributed by atoms with E-state index >= 15 is 0 Å². The number of likely N-dealkylation sites (N-methyl/N-ethyl adjacent to an activating group) is 1. The van der Waals surface area contributed by atoms with Crippen LogP contribution < -0.4 is 5.32 Å². The van der Waals surface area contributed by atoms with Crippen molar-refractivity contribution in [1.82, 2.24) is 10.2 Å². The second kappa shape index (κ2) is 5.86. The lowest BCUT2D eigenvalue weighted by atomic mass is 10.2. The molecule has 2 saturated carbocycles. The van der Waals surface area contributed by atoms with Crippen LogP contribution in [0.5, 0.6) is 0 Å². The molecule has 2 heteroatoms. The van der Waals surface area contributed by atoms with Crippen LogP contribution in [0.2, 0.25) is 0 Å². The fourth-order valence-electron chi connectivity index (χ4n) is 3.10. The molecule has 15 heavy (non-hydrogen) atoms. The Bertz CT molecular complexity index is 169. The molecule has 0 heterocycles. The van der Waals surface area contributed by atoms with Crippen LogP contribution in [0.15, 0.2) is 0 Å². The summed E-state index contributed by atoms with van der Waals surface area (Å²) < 4.78 is 0. The number of rotatable bonds is 5. The zero-order valence-electron chi connectivity index (χ0n) is 10.2. The highest BCUT2D eigenvalue weighted by molar-refractivity contribution is 4.77. The molecule has 0 saturated heterocycles. The highest BCUT2D eigenvalue weighted by Crippen LogP contribution is 2.22. The maximum Gasteiger partial charge on any atom is 0.0107 e. The molecular weight excluding hydrogens is 184 g/mol. The molecule has 2 aliphatic carbocycles. The van der Waals surface area contributed by atoms with Crippen molar-refractivity contribution in [1.29, 1.82) is 0 Å². The molecule has 0 atom stereocenters. The third-order valence-electron chi connectivity index (χ3n) is 4.20. The standard InChI is InChI=1S/C13H26N2/c1-15(13-8-4-5-9-13)11-10-14-12-6-2-3-7-12/h12-14H,2-11H2,1H3. The Hall–Kier alpha value is -0.0800. The van der Waals surface area contributed by atoms with Gasteiger partial charge in [0.25, 0.3) is 0 Å². The van der Waals surface area contributed by atoms with E-state index in [1.807, 2.05) is 0 Å². The van der Waals surface area contributed by atoms with Crippen LogP contribution in [0.25, 0.3) is 0 Å². The van der Waals surface area contributed by atoms with Gasteiger partial charge in [0.1, 0.15) is 0 Å². The van der Waals surface area contributed by atoms with Crippen LogP contribution in [0.3, 0.4) is 0 Å². The van der Waals surface area contributed by atoms with Gasteiger partial charge in [-0.25, -0.2) is 0 Å². The molecule has 2 aliphatic rings. The lowest BCUT2D eigenvalue weighted by Crippen LogP contribution is -2.38. The summed E-state index contributed by atoms with van der Waals surface area (Å²) >= 11 is 0. The molecule has 0 aromatic carbocycles. The Morgan fingerprint density at radius 2 is 1.60 bits per heavy atom. The van der Waals surface area contributed by atoms with Crippen LogP contribution >= 0.6 is 0 Å². The first-order valence-electron chi connectivity index (χ1n) is 6.80. The number of nitrogens with zero attached hydrogens (tertiary/aromatic N) is 1. The van der Waals surface area contributed by atoms with Gasteiger partial charge in [0.2, 0.25) is 0 Å². The van der Waals surface area contributed by atoms with Crippen LogP contribution in [0, 0.1) is 0 Å². The molecule has 1 N–H and O–H groups in total. The van der Waals surface area contributed by atoms with Crippen molar-refractivity contribution < 1.29 is 0 Å². The molecule has 0 amide bonds. The Balaban J connectivity index is 1.56. The summed E-state index contributed by atoms with van der Waals surface area (Å²) in [5.41, 5.74) is 0. The monoisotopic (exact) mass is 210 g/mol. The number of hydrogen-bond acceptors (Lipinski definition) is 2. The van der Waals surface area contributed by atoms with Crippen molar-refractivity contribution in [3.8, 4) is 0 Å². The minimum Gasteiger partial charge on any atom is -0.313 e. The van der Waals surface area contributed by atoms with E-state index in [0.29, 0.717) is 0 Å². The molecule has 2 fully saturated rings. The minimum absolute atomic E-state index is 0.835. The van der Waals surface area contributed by atoms with Gasteiger partial charge in [-0.05, 0) is 32.7 Å². The predicted molar refractivity (Wildman–Crippen MR) is 65.1 cm³/mol. The van der Waals surface area contributed by atoms with Gasteiger partial charge in [0.15, 0.2) is 0 Å². The summed E-state index contributed by atoms with van der Waals surface area (Å²) in [6.07, 6.45) is 11.5. The lowest BCUT2D eigenvalue weighted by Gasteiger charge is -2.24. The highest BCUT2D eigenvalue weighted by atomic mass is 15.1. The third kappa shape index (κ3) is 3.46. The van der Waals surface area contributed by atoms with Gasteiger partial charge >= 0.3 is 0 Å². The molecule has 2 rings (SSSR count). The van der Waals surface area contributed by atoms with Gasteiger partial charge in [0.05, 0.1) is 0 Å². The molecule has 88 valence electrons. The Kier molecular flexibility index (Phi) is 4.45. The van der Waals surface area contributed by atoms with Crippen LogP contribution in [0.1, 0.15) is 51.4 Å². The second-order valence-electron chi connectivity index (χ2n) is 5.35. The molecule has 0 aliphatic heterocycles. The molecule has 0 bridgehead atoms. The van der Waals surface area contributed by atoms with Crippen molar-refractivity contribution in [3.63, 3.8) is 0 Å². The molecule has 2 nitrogen and oxygen atoms in total. The Morgan fingerprint density at radius 3 is 2.27 bits per heavy atom. The van der Waals surface area contributed by atoms with Gasteiger partial charge in [-0.2, -0.15) is 0 Å². The topological polar surface area (TPSA) is 15.3 Å². The average Bonchev–Trinajstić information content (AvgIpc) is 2.90. The van der Waals surface area contributed by atoms with E-state index in [0.717, 1.165) is 12.1 Å². The van der Waals surface area contributed by atoms with Crippen molar-refractivity contribution in [2.24, 2.45) is 0 Å². The zero-order chi connectivity index (χ0) is 10.5. The van der Waals surface area contributed by atoms with Gasteiger partial charge in [-0.1, -0.05) is 25.7 Å². The number of hydrogen-bond donors (Lipinski definition) is 1. The zero-order valence-corrected chi connectivity index (χ0v) is 10.2. The van der Waals surface area contributed by atoms with Gasteiger partial charge in [-0.3, -0.25) is 0 Å². The Morgan fingerprint density at radius 1 is 1.00 bits per heavy atom. The van der Waals surface area contributed by atoms with E-state index < -0.39 is 0 Å². The van der Waals surface area contributed by atoms with Gasteiger partial charge in [-0.15, -0.1) is 0 Å². The van der Waals surface area contributed by atoms with Crippen molar-refractivity contribution in [3.05, 3.63) is 0 Å². The second-order valence-corrected chi connectivity index (χ2v) is 5.35. The highest BCUT2D eigenvalue weighted by Gasteiger charge is 2.19. The van der Waals surface area contributed by atoms with Crippen LogP contribution in [-0.2, 0) is 0 Å². The first-order valence-corrected chi connectivity index (χ1v) is 6.80. The molecular formula is C13H26N2. The smallest absolute Gasteiger partial charge is 0.0107 e. The summed E-state index contributed by atoms with van der Waals surface area (Å²) in [5, 5.41) is 3.69. The summed E-state index contributed by atoms with van der Waals surface area (Å²) in [5.74, 6) is 0. The maximum absolute atomic E-state index is 3.69. The average molecular weight is 210 g/mol. The summed E-state index contributed by atoms with van der Waals surface area (Å²) in [7, 11) is 2.30. The van der Waals surface area contributed by atoms with Crippen molar-refractivity contribution >= 4 is 0 Å². The van der Waals surface area contributed by atoms with Gasteiger partial charge in [0, 0.05) is 25.2 Å². The van der Waals surface area contributed by atoms with Crippen molar-refractivity contribution in [2.75, 3.05) is 20.1 Å². The predicted octanol–water partition coefficient (Wildman–Crippen LogP) is 2.39. The van der Waals surface area contributed by atoms with E-state index in [4.69, 9.17) is 0 Å². The van der Waals surface area contributed by atoms with E-state index in [9.17, 15) is 0 Å². The van der Waals surface area contributed by atoms with Gasteiger partial charge < -0.3 is 10.2 Å². The summed E-state index contributed by atoms with van der Waals surface area (Å²) in [6, 6.07) is 1.72. The first kappa shape index (κ1) is 11.4. The van der Waals surface area contributed by atoms with E-state index in [1.165, 1.54) is 64.5 Å². The molecule has 0 aromatic rings. The lowest BCUT2D eigenvalue weighted by molar-refractivity contribution is 0.242. The summed E-state index contributed by atoms with van der Waals surface area (Å²) in [4.78, 5) is 2.56. The fourth-order valence-corrected chi connectivity index (χ4v) is 3.10. The first-order chi connectivity index (χ1) is 7.36. The fraction of sp³-hybridized carbons (Fsp3) is 1.00. The molecule has 0 spiro atoms. The van der Waals surface area contributed by atoms with Crippen molar-refractivity contribution in [2.45, 2.75) is 63.5 Å². The maximum atomic E-state index is 3.69.